The van der Waals surface area contributed by atoms with Gasteiger partial charge in [-0.25, -0.2) is 4.79 Å². The second-order valence-electron chi connectivity index (χ2n) is 4.42. The van der Waals surface area contributed by atoms with Crippen LogP contribution in [0.3, 0.4) is 0 Å². The highest BCUT2D eigenvalue weighted by atomic mass is 32.1. The fraction of sp³-hybridized carbons (Fsp3) is 0.214. The van der Waals surface area contributed by atoms with E-state index in [2.05, 4.69) is 31.7 Å². The molecule has 0 bridgehead atoms. The second-order valence-corrected chi connectivity index (χ2v) is 5.24. The van der Waals surface area contributed by atoms with Crippen molar-refractivity contribution in [1.82, 2.24) is 21.5 Å². The van der Waals surface area contributed by atoms with E-state index in [0.717, 1.165) is 0 Å². The van der Waals surface area contributed by atoms with Crippen molar-refractivity contribution in [2.75, 3.05) is 14.1 Å². The van der Waals surface area contributed by atoms with E-state index < -0.39 is 5.97 Å². The molecule has 24 heavy (non-hydrogen) atoms. The number of aromatic carboxylic acids is 1. The summed E-state index contributed by atoms with van der Waals surface area (Å²) >= 11 is 9.96. The van der Waals surface area contributed by atoms with Gasteiger partial charge in [0, 0.05) is 19.7 Å². The van der Waals surface area contributed by atoms with Crippen LogP contribution in [0.4, 0.5) is 0 Å². The van der Waals surface area contributed by atoms with Gasteiger partial charge in [0.25, 0.3) is 0 Å². The summed E-state index contributed by atoms with van der Waals surface area (Å²) in [5.74, 6) is -0.999. The van der Waals surface area contributed by atoms with Crippen molar-refractivity contribution in [2.45, 2.75) is 6.92 Å². The van der Waals surface area contributed by atoms with Gasteiger partial charge in [-0.1, -0.05) is 12.1 Å². The zero-order valence-corrected chi connectivity index (χ0v) is 15.0. The minimum Gasteiger partial charge on any atom is -0.478 e. The standard InChI is InChI=1S/C14H18N6O2S2/c1-8(17-19-13(23)15-2)11(18-20-14(24)16-3)9-4-6-10(7-5-9)12(21)22/h4-7H,1-3H3,(H,21,22)(H2,15,19,23)(H2,16,20,24). The van der Waals surface area contributed by atoms with Gasteiger partial charge in [-0.15, -0.1) is 0 Å². The van der Waals surface area contributed by atoms with Gasteiger partial charge in [-0.05, 0) is 43.5 Å². The topological polar surface area (TPSA) is 110 Å². The molecule has 5 N–H and O–H groups in total. The van der Waals surface area contributed by atoms with Crippen LogP contribution >= 0.6 is 24.4 Å². The Labute approximate surface area is 150 Å². The van der Waals surface area contributed by atoms with Crippen LogP contribution in [0.5, 0.6) is 0 Å². The SMILES string of the molecule is CNC(=S)NN=C(C)C(=NNC(=S)NC)c1ccc(C(=O)O)cc1. The van der Waals surface area contributed by atoms with Crippen molar-refractivity contribution < 1.29 is 9.90 Å². The lowest BCUT2D eigenvalue weighted by molar-refractivity contribution is 0.0697. The van der Waals surface area contributed by atoms with Crippen LogP contribution in [0.1, 0.15) is 22.8 Å². The maximum absolute atomic E-state index is 11.0. The molecule has 0 radical (unpaired) electrons. The normalized spacial score (nSPS) is 11.5. The Hall–Kier alpha value is -2.59. The number of carbonyl (C=O) groups is 1. The lowest BCUT2D eigenvalue weighted by atomic mass is 10.0. The monoisotopic (exact) mass is 366 g/mol. The third-order valence-electron chi connectivity index (χ3n) is 2.80. The molecule has 0 aliphatic heterocycles. The molecule has 128 valence electrons. The first-order valence-electron chi connectivity index (χ1n) is 6.80. The van der Waals surface area contributed by atoms with E-state index in [-0.39, 0.29) is 5.56 Å². The molecule has 1 aromatic rings. The van der Waals surface area contributed by atoms with Crippen molar-refractivity contribution in [3.05, 3.63) is 35.4 Å². The molecule has 0 amide bonds. The number of benzene rings is 1. The number of nitrogens with one attached hydrogen (secondary N) is 4. The van der Waals surface area contributed by atoms with Crippen LogP contribution in [0.2, 0.25) is 0 Å². The molecule has 8 nitrogen and oxygen atoms in total. The van der Waals surface area contributed by atoms with Crippen molar-refractivity contribution in [1.29, 1.82) is 0 Å². The van der Waals surface area contributed by atoms with E-state index >= 15 is 0 Å². The average molecular weight is 366 g/mol. The molecule has 0 unspecified atom stereocenters. The van der Waals surface area contributed by atoms with E-state index in [4.69, 9.17) is 29.5 Å². The molecule has 0 saturated carbocycles. The summed E-state index contributed by atoms with van der Waals surface area (Å²) < 4.78 is 0. The molecule has 0 spiro atoms. The van der Waals surface area contributed by atoms with Crippen molar-refractivity contribution in [3.8, 4) is 0 Å². The molecule has 0 saturated heterocycles. The lowest BCUT2D eigenvalue weighted by Gasteiger charge is -2.09. The molecule has 1 rings (SSSR count). The number of hydrogen-bond acceptors (Lipinski definition) is 5. The summed E-state index contributed by atoms with van der Waals surface area (Å²) in [4.78, 5) is 11.0. The summed E-state index contributed by atoms with van der Waals surface area (Å²) in [6.45, 7) is 1.74. The van der Waals surface area contributed by atoms with Gasteiger partial charge in [-0.2, -0.15) is 10.2 Å². The van der Waals surface area contributed by atoms with Gasteiger partial charge >= 0.3 is 5.97 Å². The van der Waals surface area contributed by atoms with Crippen LogP contribution in [0.25, 0.3) is 0 Å². The minimum atomic E-state index is -0.999. The number of rotatable bonds is 5. The summed E-state index contributed by atoms with van der Waals surface area (Å²) in [5.41, 5.74) is 7.22. The Kier molecular flexibility index (Phi) is 7.72. The first kappa shape index (κ1) is 19.5. The van der Waals surface area contributed by atoms with Crippen LogP contribution in [0, 0.1) is 0 Å². The fourth-order valence-corrected chi connectivity index (χ4v) is 1.62. The Balaban J connectivity index is 3.15. The smallest absolute Gasteiger partial charge is 0.335 e. The van der Waals surface area contributed by atoms with Crippen molar-refractivity contribution in [2.24, 2.45) is 10.2 Å². The number of hydrogen-bond donors (Lipinski definition) is 5. The van der Waals surface area contributed by atoms with Crippen LogP contribution < -0.4 is 21.5 Å². The quantitative estimate of drug-likeness (QED) is 0.294. The molecule has 0 heterocycles. The molecule has 0 aliphatic carbocycles. The second kappa shape index (κ2) is 9.53. The third kappa shape index (κ3) is 5.89. The molecular formula is C14H18N6O2S2. The van der Waals surface area contributed by atoms with Gasteiger partial charge in [0.15, 0.2) is 10.2 Å². The number of carboxylic acids is 1. The Morgan fingerprint density at radius 3 is 1.88 bits per heavy atom. The van der Waals surface area contributed by atoms with E-state index in [9.17, 15) is 4.79 Å². The summed E-state index contributed by atoms with van der Waals surface area (Å²) in [6, 6.07) is 6.26. The summed E-state index contributed by atoms with van der Waals surface area (Å²) in [6.07, 6.45) is 0. The van der Waals surface area contributed by atoms with E-state index in [1.807, 2.05) is 0 Å². The first-order chi connectivity index (χ1) is 11.4. The molecule has 0 aromatic heterocycles. The number of thiocarbonyl (C=S) groups is 2. The van der Waals surface area contributed by atoms with Gasteiger partial charge in [0.2, 0.25) is 0 Å². The molecule has 0 atom stereocenters. The van der Waals surface area contributed by atoms with Gasteiger partial charge < -0.3 is 15.7 Å². The maximum Gasteiger partial charge on any atom is 0.335 e. The minimum absolute atomic E-state index is 0.181. The lowest BCUT2D eigenvalue weighted by Crippen LogP contribution is -2.32. The highest BCUT2D eigenvalue weighted by Crippen LogP contribution is 2.07. The predicted molar refractivity (Wildman–Crippen MR) is 103 cm³/mol. The number of hydrazone groups is 2. The Morgan fingerprint density at radius 2 is 1.42 bits per heavy atom. The van der Waals surface area contributed by atoms with Crippen LogP contribution in [0.15, 0.2) is 34.5 Å². The molecule has 0 fully saturated rings. The summed E-state index contributed by atoms with van der Waals surface area (Å²) in [7, 11) is 3.34. The molecule has 0 aliphatic rings. The number of carboxylic acid groups (broad SMARTS) is 1. The zero-order valence-electron chi connectivity index (χ0n) is 13.4. The fourth-order valence-electron chi connectivity index (χ4n) is 1.53. The first-order valence-corrected chi connectivity index (χ1v) is 7.62. The van der Waals surface area contributed by atoms with Gasteiger partial charge in [-0.3, -0.25) is 10.9 Å². The Morgan fingerprint density at radius 1 is 0.958 bits per heavy atom. The Bertz CT molecular complexity index is 685. The van der Waals surface area contributed by atoms with E-state index in [1.165, 1.54) is 12.1 Å². The largest absolute Gasteiger partial charge is 0.478 e. The number of nitrogens with zero attached hydrogens (tertiary/aromatic N) is 2. The maximum atomic E-state index is 11.0. The van der Waals surface area contributed by atoms with Crippen LogP contribution in [-0.4, -0.2) is 46.8 Å². The molecular weight excluding hydrogens is 348 g/mol. The predicted octanol–water partition coefficient (Wildman–Crippen LogP) is 0.653. The van der Waals surface area contributed by atoms with E-state index in [0.29, 0.717) is 27.2 Å². The molecule has 1 aromatic carbocycles. The average Bonchev–Trinajstić information content (AvgIpc) is 2.59. The highest BCUT2D eigenvalue weighted by Gasteiger charge is 2.10. The highest BCUT2D eigenvalue weighted by molar-refractivity contribution is 7.80. The van der Waals surface area contributed by atoms with E-state index in [1.54, 1.807) is 33.2 Å². The van der Waals surface area contributed by atoms with Gasteiger partial charge in [0.1, 0.15) is 5.71 Å². The van der Waals surface area contributed by atoms with Crippen molar-refractivity contribution >= 4 is 52.1 Å². The molecule has 10 heteroatoms. The van der Waals surface area contributed by atoms with Crippen molar-refractivity contribution in [3.63, 3.8) is 0 Å². The van der Waals surface area contributed by atoms with Gasteiger partial charge in [0.05, 0.1) is 11.3 Å². The zero-order chi connectivity index (χ0) is 18.1. The summed E-state index contributed by atoms with van der Waals surface area (Å²) in [5, 5.41) is 23.5. The third-order valence-corrected chi connectivity index (χ3v) is 3.39. The van der Waals surface area contributed by atoms with Crippen LogP contribution in [-0.2, 0) is 0 Å².